The van der Waals surface area contributed by atoms with Crippen LogP contribution in [-0.4, -0.2) is 32.5 Å². The number of pyridine rings is 1. The normalized spacial score (nSPS) is 25.2. The van der Waals surface area contributed by atoms with Crippen LogP contribution < -0.4 is 10.6 Å². The molecule has 9 heteroatoms. The number of benzene rings is 2. The predicted molar refractivity (Wildman–Crippen MR) is 143 cm³/mol. The van der Waals surface area contributed by atoms with Crippen LogP contribution in [0.15, 0.2) is 60.8 Å². The Balaban J connectivity index is 1.09. The molecule has 4 aromatic rings. The van der Waals surface area contributed by atoms with Crippen molar-refractivity contribution >= 4 is 40.1 Å². The molecule has 4 aliphatic rings. The van der Waals surface area contributed by atoms with Gasteiger partial charge in [-0.3, -0.25) is 14.4 Å². The summed E-state index contributed by atoms with van der Waals surface area (Å²) in [6.45, 7) is 0. The predicted octanol–water partition coefficient (Wildman–Crippen LogP) is 5.35. The van der Waals surface area contributed by atoms with Crippen LogP contribution in [0.4, 0.5) is 15.9 Å². The maximum atomic E-state index is 15.3. The van der Waals surface area contributed by atoms with Crippen LogP contribution in [-0.2, 0) is 9.59 Å². The molecule has 0 saturated heterocycles. The molecule has 4 aliphatic carbocycles. The van der Waals surface area contributed by atoms with Gasteiger partial charge in [0.2, 0.25) is 5.91 Å². The highest BCUT2D eigenvalue weighted by Crippen LogP contribution is 2.58. The average molecular weight is 524 g/mol. The van der Waals surface area contributed by atoms with Crippen LogP contribution in [0, 0.1) is 29.0 Å². The molecule has 2 amide bonds. The van der Waals surface area contributed by atoms with E-state index in [1.54, 1.807) is 54.7 Å². The van der Waals surface area contributed by atoms with Crippen molar-refractivity contribution < 1.29 is 18.8 Å². The first-order chi connectivity index (χ1) is 18.9. The zero-order valence-corrected chi connectivity index (χ0v) is 21.0. The van der Waals surface area contributed by atoms with Gasteiger partial charge in [0.1, 0.15) is 23.2 Å². The molecule has 2 aromatic heterocycles. The molecule has 4 saturated carbocycles. The van der Waals surface area contributed by atoms with E-state index in [2.05, 4.69) is 25.6 Å². The topological polar surface area (TPSA) is 117 Å². The Kier molecular flexibility index (Phi) is 5.36. The van der Waals surface area contributed by atoms with Gasteiger partial charge in [-0.1, -0.05) is 6.07 Å². The Labute approximate surface area is 223 Å². The van der Waals surface area contributed by atoms with Gasteiger partial charge in [0.15, 0.2) is 0 Å². The summed E-state index contributed by atoms with van der Waals surface area (Å²) < 4.78 is 15.3. The lowest BCUT2D eigenvalue weighted by molar-refractivity contribution is -0.154. The van der Waals surface area contributed by atoms with Gasteiger partial charge in [0.05, 0.1) is 22.0 Å². The van der Waals surface area contributed by atoms with Crippen LogP contribution in [0.25, 0.3) is 22.4 Å². The Morgan fingerprint density at radius 2 is 1.79 bits per heavy atom. The van der Waals surface area contributed by atoms with Gasteiger partial charge < -0.3 is 15.6 Å². The third-order valence-corrected chi connectivity index (χ3v) is 8.61. The summed E-state index contributed by atoms with van der Waals surface area (Å²) in [5.41, 5.74) is 1.70. The highest BCUT2D eigenvalue weighted by Gasteiger charge is 2.58. The highest BCUT2D eigenvalue weighted by molar-refractivity contribution is 6.05. The fourth-order valence-electron chi connectivity index (χ4n) is 6.98. The number of amides is 2. The lowest BCUT2D eigenvalue weighted by atomic mass is 9.49. The molecular weight excluding hydrogens is 497 g/mol. The first-order valence-corrected chi connectivity index (χ1v) is 13.2. The van der Waals surface area contributed by atoms with E-state index in [4.69, 9.17) is 0 Å². The number of anilines is 2. The number of hydrogen-bond donors (Lipinski definition) is 3. The van der Waals surface area contributed by atoms with Crippen molar-refractivity contribution in [3.63, 3.8) is 0 Å². The maximum absolute atomic E-state index is 15.3. The number of carbonyl (C=O) groups excluding carboxylic acids is 3. The van der Waals surface area contributed by atoms with Crippen molar-refractivity contribution in [2.24, 2.45) is 23.2 Å². The van der Waals surface area contributed by atoms with E-state index in [1.807, 2.05) is 0 Å². The van der Waals surface area contributed by atoms with E-state index >= 15 is 4.39 Å². The van der Waals surface area contributed by atoms with Crippen molar-refractivity contribution in [3.8, 4) is 11.4 Å². The number of carbonyl (C=O) groups is 3. The Bertz CT molecular complexity index is 1630. The molecule has 4 atom stereocenters. The SMILES string of the molecule is O=C(Nc1ccccn1)c1ccc2nc(-c3ccc(NC(=O)C45CC6C[C@H](C4)C(=O)[C@@H](C6)C5)cc3F)[nH]c2c1. The number of halogens is 1. The molecule has 0 aliphatic heterocycles. The summed E-state index contributed by atoms with van der Waals surface area (Å²) in [7, 11) is 0. The van der Waals surface area contributed by atoms with E-state index in [9.17, 15) is 14.4 Å². The molecule has 8 nitrogen and oxygen atoms in total. The van der Waals surface area contributed by atoms with E-state index < -0.39 is 11.2 Å². The Morgan fingerprint density at radius 1 is 0.974 bits per heavy atom. The zero-order chi connectivity index (χ0) is 26.7. The molecular formula is C30H26FN5O3. The third kappa shape index (κ3) is 4.09. The number of Topliss-reactive ketones (excluding diaryl/α,β-unsaturated/α-hetero) is 1. The molecule has 0 radical (unpaired) electrons. The van der Waals surface area contributed by atoms with Gasteiger partial charge >= 0.3 is 0 Å². The summed E-state index contributed by atoms with van der Waals surface area (Å²) in [6.07, 6.45) is 5.42. The van der Waals surface area contributed by atoms with E-state index in [-0.39, 0.29) is 29.2 Å². The maximum Gasteiger partial charge on any atom is 0.256 e. The smallest absolute Gasteiger partial charge is 0.256 e. The molecule has 8 rings (SSSR count). The van der Waals surface area contributed by atoms with Gasteiger partial charge in [0, 0.05) is 29.3 Å². The largest absolute Gasteiger partial charge is 0.338 e. The quantitative estimate of drug-likeness (QED) is 0.326. The van der Waals surface area contributed by atoms with E-state index in [1.165, 1.54) is 6.07 Å². The van der Waals surface area contributed by atoms with Crippen LogP contribution >= 0.6 is 0 Å². The molecule has 4 fully saturated rings. The first kappa shape index (κ1) is 23.7. The van der Waals surface area contributed by atoms with E-state index in [0.717, 1.165) is 19.3 Å². The van der Waals surface area contributed by atoms with Crippen LogP contribution in [0.5, 0.6) is 0 Å². The molecule has 4 bridgehead atoms. The fourth-order valence-corrected chi connectivity index (χ4v) is 6.98. The summed E-state index contributed by atoms with van der Waals surface area (Å²) in [4.78, 5) is 50.2. The molecule has 39 heavy (non-hydrogen) atoms. The van der Waals surface area contributed by atoms with Crippen LogP contribution in [0.2, 0.25) is 0 Å². The molecule has 2 heterocycles. The van der Waals surface area contributed by atoms with Crippen molar-refractivity contribution in [2.75, 3.05) is 10.6 Å². The van der Waals surface area contributed by atoms with Gasteiger partial charge in [0.25, 0.3) is 5.91 Å². The number of fused-ring (bicyclic) bond motifs is 1. The number of ketones is 1. The summed E-state index contributed by atoms with van der Waals surface area (Å²) >= 11 is 0. The molecule has 3 N–H and O–H groups in total. The van der Waals surface area contributed by atoms with Gasteiger partial charge in [-0.2, -0.15) is 0 Å². The number of aromatic nitrogens is 3. The minimum Gasteiger partial charge on any atom is -0.338 e. The lowest BCUT2D eigenvalue weighted by Crippen LogP contribution is -2.55. The van der Waals surface area contributed by atoms with Gasteiger partial charge in [-0.05, 0) is 86.6 Å². The zero-order valence-electron chi connectivity index (χ0n) is 21.0. The monoisotopic (exact) mass is 523 g/mol. The van der Waals surface area contributed by atoms with Crippen LogP contribution in [0.3, 0.4) is 0 Å². The number of nitrogens with zero attached hydrogens (tertiary/aromatic N) is 2. The molecule has 2 aromatic carbocycles. The Morgan fingerprint density at radius 3 is 2.54 bits per heavy atom. The van der Waals surface area contributed by atoms with Crippen LogP contribution in [0.1, 0.15) is 42.5 Å². The average Bonchev–Trinajstić information content (AvgIpc) is 3.35. The number of nitrogens with one attached hydrogen (secondary N) is 3. The second-order valence-corrected chi connectivity index (χ2v) is 11.2. The summed E-state index contributed by atoms with van der Waals surface area (Å²) in [5.74, 6) is 0.563. The first-order valence-electron chi connectivity index (χ1n) is 13.2. The highest BCUT2D eigenvalue weighted by atomic mass is 19.1. The minimum absolute atomic E-state index is 0.00390. The number of aromatic amines is 1. The standard InChI is InChI=1S/C30H26FN5O3/c31-22-12-20(33-29(39)30-13-16-9-18(14-30)26(37)19(10-16)15-30)5-6-21(22)27-34-23-7-4-17(11-24(23)35-27)28(38)36-25-3-1-2-8-32-25/h1-8,11-12,16,18-19H,9-10,13-15H2,(H,33,39)(H,34,35)(H,32,36,38)/t16?,18-,19+,30?. The fraction of sp³-hybridized carbons (Fsp3) is 0.300. The second kappa shape index (κ2) is 8.83. The number of H-pyrrole nitrogens is 1. The second-order valence-electron chi connectivity index (χ2n) is 11.2. The van der Waals surface area contributed by atoms with E-state index in [0.29, 0.717) is 58.5 Å². The van der Waals surface area contributed by atoms with Crippen molar-refractivity contribution in [1.29, 1.82) is 0 Å². The number of imidazole rings is 1. The molecule has 196 valence electrons. The molecule has 0 spiro atoms. The van der Waals surface area contributed by atoms with Gasteiger partial charge in [-0.25, -0.2) is 14.4 Å². The minimum atomic E-state index is -0.529. The van der Waals surface area contributed by atoms with Gasteiger partial charge in [-0.15, -0.1) is 0 Å². The number of rotatable bonds is 5. The Hall–Kier alpha value is -4.40. The van der Waals surface area contributed by atoms with Crippen molar-refractivity contribution in [3.05, 3.63) is 72.2 Å². The lowest BCUT2D eigenvalue weighted by Gasteiger charge is -2.54. The summed E-state index contributed by atoms with van der Waals surface area (Å²) in [6, 6.07) is 14.8. The third-order valence-electron chi connectivity index (χ3n) is 8.61. The molecule has 2 unspecified atom stereocenters. The van der Waals surface area contributed by atoms with Crippen molar-refractivity contribution in [1.82, 2.24) is 15.0 Å². The summed E-state index contributed by atoms with van der Waals surface area (Å²) in [5, 5.41) is 5.67. The number of hydrogen-bond acceptors (Lipinski definition) is 5. The van der Waals surface area contributed by atoms with Crippen molar-refractivity contribution in [2.45, 2.75) is 32.1 Å².